The summed E-state index contributed by atoms with van der Waals surface area (Å²) in [6.07, 6.45) is 4.23. The topological polar surface area (TPSA) is 52.8 Å². The average molecular weight is 357 g/mol. The maximum atomic E-state index is 4.49. The number of aromatic nitrogens is 4. The molecular formula is C15H13AgN4. The molecule has 20 heavy (non-hydrogen) atoms. The van der Waals surface area contributed by atoms with E-state index in [1.807, 2.05) is 43.3 Å². The van der Waals surface area contributed by atoms with E-state index >= 15 is 0 Å². The third-order valence-electron chi connectivity index (χ3n) is 2.79. The Morgan fingerprint density at radius 1 is 1.05 bits per heavy atom. The largest absolute Gasteiger partial charge is 1.00 e. The van der Waals surface area contributed by atoms with Crippen LogP contribution in [0, 0.1) is 6.92 Å². The van der Waals surface area contributed by atoms with Crippen LogP contribution in [0.4, 0.5) is 0 Å². The Morgan fingerprint density at radius 2 is 1.95 bits per heavy atom. The summed E-state index contributed by atoms with van der Waals surface area (Å²) >= 11 is 0. The number of imidazole rings is 1. The van der Waals surface area contributed by atoms with Gasteiger partial charge in [-0.1, -0.05) is 24.0 Å². The SMILES string of the molecule is Cc1cccc(Cc2cnc(-c3ccccn3)[n-]2)n1.[Ag+]. The van der Waals surface area contributed by atoms with Crippen molar-refractivity contribution in [2.45, 2.75) is 13.3 Å². The van der Waals surface area contributed by atoms with E-state index in [4.69, 9.17) is 0 Å². The zero-order valence-electron chi connectivity index (χ0n) is 10.9. The van der Waals surface area contributed by atoms with Gasteiger partial charge in [-0.15, -0.1) is 0 Å². The smallest absolute Gasteiger partial charge is 0.441 e. The first-order valence-corrected chi connectivity index (χ1v) is 6.14. The van der Waals surface area contributed by atoms with Crippen LogP contribution in [-0.4, -0.2) is 15.0 Å². The van der Waals surface area contributed by atoms with Gasteiger partial charge >= 0.3 is 22.4 Å². The van der Waals surface area contributed by atoms with Gasteiger partial charge in [-0.3, -0.25) is 9.97 Å². The van der Waals surface area contributed by atoms with Gasteiger partial charge in [0, 0.05) is 24.0 Å². The summed E-state index contributed by atoms with van der Waals surface area (Å²) < 4.78 is 0. The van der Waals surface area contributed by atoms with E-state index in [1.165, 1.54) is 0 Å². The van der Waals surface area contributed by atoms with E-state index in [0.29, 0.717) is 12.2 Å². The Hall–Kier alpha value is -1.75. The molecule has 3 aromatic rings. The summed E-state index contributed by atoms with van der Waals surface area (Å²) in [4.78, 5) is 17.5. The molecule has 0 N–H and O–H groups in total. The van der Waals surface area contributed by atoms with Crippen LogP contribution < -0.4 is 4.98 Å². The molecule has 0 unspecified atom stereocenters. The van der Waals surface area contributed by atoms with Gasteiger partial charge in [0.2, 0.25) is 0 Å². The molecular weight excluding hydrogens is 344 g/mol. The van der Waals surface area contributed by atoms with Crippen LogP contribution >= 0.6 is 0 Å². The zero-order valence-corrected chi connectivity index (χ0v) is 12.4. The summed E-state index contributed by atoms with van der Waals surface area (Å²) in [5.41, 5.74) is 3.74. The minimum absolute atomic E-state index is 0. The van der Waals surface area contributed by atoms with E-state index in [-0.39, 0.29) is 22.4 Å². The molecule has 0 saturated heterocycles. The molecule has 0 saturated carbocycles. The zero-order chi connectivity index (χ0) is 13.1. The molecule has 0 aromatic carbocycles. The Bertz CT molecular complexity index is 679. The molecule has 0 aliphatic heterocycles. The fraction of sp³-hybridized carbons (Fsp3) is 0.133. The fourth-order valence-electron chi connectivity index (χ4n) is 1.92. The number of hydrogen-bond donors (Lipinski definition) is 0. The van der Waals surface area contributed by atoms with E-state index in [1.54, 1.807) is 12.4 Å². The summed E-state index contributed by atoms with van der Waals surface area (Å²) in [6, 6.07) is 11.7. The third-order valence-corrected chi connectivity index (χ3v) is 2.79. The predicted molar refractivity (Wildman–Crippen MR) is 72.6 cm³/mol. The molecule has 4 nitrogen and oxygen atoms in total. The van der Waals surface area contributed by atoms with Crippen LogP contribution in [0.2, 0.25) is 0 Å². The second-order valence-electron chi connectivity index (χ2n) is 4.35. The molecule has 0 atom stereocenters. The maximum Gasteiger partial charge on any atom is 1.00 e. The van der Waals surface area contributed by atoms with Crippen molar-refractivity contribution in [3.63, 3.8) is 0 Å². The average Bonchev–Trinajstić information content (AvgIpc) is 2.88. The van der Waals surface area contributed by atoms with Crippen molar-refractivity contribution in [1.82, 2.24) is 19.9 Å². The van der Waals surface area contributed by atoms with Crippen molar-refractivity contribution >= 4 is 0 Å². The first-order chi connectivity index (χ1) is 9.31. The fourth-order valence-corrected chi connectivity index (χ4v) is 1.92. The van der Waals surface area contributed by atoms with Gasteiger partial charge < -0.3 is 9.97 Å². The standard InChI is InChI=1S/C15H13N4.Ag/c1-11-5-4-6-12(18-11)9-13-10-17-15(19-13)14-7-2-3-8-16-14;/h2-8,10H,9H2,1H3;/q-1;+1. The number of rotatable bonds is 3. The first kappa shape index (κ1) is 14.7. The molecule has 3 aromatic heterocycles. The maximum absolute atomic E-state index is 4.49. The molecule has 3 rings (SSSR count). The quantitative estimate of drug-likeness (QED) is 0.676. The van der Waals surface area contributed by atoms with Gasteiger partial charge in [-0.25, -0.2) is 0 Å². The molecule has 3 heterocycles. The molecule has 0 fully saturated rings. The monoisotopic (exact) mass is 356 g/mol. The van der Waals surface area contributed by atoms with E-state index in [0.717, 1.165) is 22.8 Å². The number of hydrogen-bond acceptors (Lipinski definition) is 3. The van der Waals surface area contributed by atoms with Gasteiger partial charge in [0.05, 0.1) is 5.69 Å². The summed E-state index contributed by atoms with van der Waals surface area (Å²) in [6.45, 7) is 1.99. The third kappa shape index (κ3) is 3.42. The summed E-state index contributed by atoms with van der Waals surface area (Å²) in [5, 5.41) is 0. The minimum atomic E-state index is 0. The second kappa shape index (κ2) is 6.61. The van der Waals surface area contributed by atoms with Gasteiger partial charge in [0.15, 0.2) is 0 Å². The van der Waals surface area contributed by atoms with Crippen LogP contribution in [0.5, 0.6) is 0 Å². The molecule has 104 valence electrons. The van der Waals surface area contributed by atoms with E-state index in [2.05, 4.69) is 19.9 Å². The van der Waals surface area contributed by atoms with E-state index < -0.39 is 0 Å². The molecule has 5 heteroatoms. The van der Waals surface area contributed by atoms with Crippen molar-refractivity contribution < 1.29 is 22.4 Å². The number of aryl methyl sites for hydroxylation is 1. The van der Waals surface area contributed by atoms with E-state index in [9.17, 15) is 0 Å². The van der Waals surface area contributed by atoms with Crippen molar-refractivity contribution in [1.29, 1.82) is 0 Å². The number of pyridine rings is 2. The van der Waals surface area contributed by atoms with Crippen LogP contribution in [-0.2, 0) is 28.8 Å². The second-order valence-corrected chi connectivity index (χ2v) is 4.35. The van der Waals surface area contributed by atoms with Crippen molar-refractivity contribution in [2.24, 2.45) is 0 Å². The molecule has 0 aliphatic rings. The normalized spacial score (nSPS) is 10.1. The Morgan fingerprint density at radius 3 is 2.70 bits per heavy atom. The van der Waals surface area contributed by atoms with Gasteiger partial charge in [-0.05, 0) is 37.0 Å². The van der Waals surface area contributed by atoms with Crippen LogP contribution in [0.15, 0.2) is 48.8 Å². The van der Waals surface area contributed by atoms with Gasteiger partial charge in [-0.2, -0.15) is 0 Å². The van der Waals surface area contributed by atoms with Gasteiger partial charge in [0.25, 0.3) is 0 Å². The molecule has 0 bridgehead atoms. The minimum Gasteiger partial charge on any atom is -0.441 e. The van der Waals surface area contributed by atoms with Crippen LogP contribution in [0.3, 0.4) is 0 Å². The van der Waals surface area contributed by atoms with Crippen LogP contribution in [0.1, 0.15) is 17.1 Å². The van der Waals surface area contributed by atoms with Gasteiger partial charge in [0.1, 0.15) is 0 Å². The Balaban J connectivity index is 0.00000147. The van der Waals surface area contributed by atoms with Crippen molar-refractivity contribution in [3.8, 4) is 11.5 Å². The van der Waals surface area contributed by atoms with Crippen LogP contribution in [0.25, 0.3) is 11.5 Å². The Kier molecular flexibility index (Phi) is 4.84. The number of nitrogens with zero attached hydrogens (tertiary/aromatic N) is 4. The molecule has 0 spiro atoms. The molecule has 0 amide bonds. The molecule has 0 radical (unpaired) electrons. The molecule has 0 aliphatic carbocycles. The predicted octanol–water partition coefficient (Wildman–Crippen LogP) is 2.39. The van der Waals surface area contributed by atoms with Crippen molar-refractivity contribution in [2.75, 3.05) is 0 Å². The van der Waals surface area contributed by atoms with Crippen molar-refractivity contribution in [3.05, 3.63) is 65.9 Å². The first-order valence-electron chi connectivity index (χ1n) is 6.14. The summed E-state index contributed by atoms with van der Waals surface area (Å²) in [7, 11) is 0. The Labute approximate surface area is 133 Å². The summed E-state index contributed by atoms with van der Waals surface area (Å²) in [5.74, 6) is 0.670.